The number of hydrogen-bond acceptors (Lipinski definition) is 5. The SMILES string of the molecule is Cc1cc(C(F)(F)F)c(-c2ccc(C[C@H](NC(=O)c3c(F)cc(N[C@@H](C)C4CC4)cc3F)C(=O)O)n3ccnc23)c(=O)n1C. The Bertz CT molecular complexity index is 1820. The van der Waals surface area contributed by atoms with E-state index >= 15 is 0 Å². The Morgan fingerprint density at radius 3 is 2.39 bits per heavy atom. The van der Waals surface area contributed by atoms with Crippen LogP contribution < -0.4 is 16.2 Å². The van der Waals surface area contributed by atoms with E-state index in [1.54, 1.807) is 0 Å². The highest BCUT2D eigenvalue weighted by Crippen LogP contribution is 2.37. The number of carbonyl (C=O) groups excluding carboxylic acids is 1. The predicted molar refractivity (Wildman–Crippen MR) is 150 cm³/mol. The summed E-state index contributed by atoms with van der Waals surface area (Å²) in [6, 6.07) is 3.58. The Labute approximate surface area is 247 Å². The van der Waals surface area contributed by atoms with Crippen molar-refractivity contribution in [3.8, 4) is 11.1 Å². The van der Waals surface area contributed by atoms with E-state index in [9.17, 15) is 41.4 Å². The smallest absolute Gasteiger partial charge is 0.417 e. The van der Waals surface area contributed by atoms with Crippen molar-refractivity contribution in [1.29, 1.82) is 0 Å². The van der Waals surface area contributed by atoms with Crippen molar-refractivity contribution in [2.75, 3.05) is 5.32 Å². The zero-order chi connectivity index (χ0) is 32.1. The molecule has 1 aliphatic rings. The number of amides is 1. The maximum absolute atomic E-state index is 14.9. The van der Waals surface area contributed by atoms with E-state index in [2.05, 4.69) is 15.6 Å². The van der Waals surface area contributed by atoms with Crippen LogP contribution in [0.3, 0.4) is 0 Å². The van der Waals surface area contributed by atoms with Crippen LogP contribution in [0.15, 0.2) is 47.5 Å². The van der Waals surface area contributed by atoms with Gasteiger partial charge in [-0.25, -0.2) is 18.6 Å². The maximum Gasteiger partial charge on any atom is 0.417 e. The van der Waals surface area contributed by atoms with Crippen LogP contribution in [0, 0.1) is 24.5 Å². The number of carbonyl (C=O) groups is 2. The zero-order valence-corrected chi connectivity index (χ0v) is 23.8. The lowest BCUT2D eigenvalue weighted by Crippen LogP contribution is -2.43. The van der Waals surface area contributed by atoms with Crippen LogP contribution in [0.1, 0.15) is 47.1 Å². The molecule has 3 N–H and O–H groups in total. The van der Waals surface area contributed by atoms with E-state index in [1.807, 2.05) is 6.92 Å². The highest BCUT2D eigenvalue weighted by atomic mass is 19.4. The molecule has 0 aliphatic heterocycles. The summed E-state index contributed by atoms with van der Waals surface area (Å²) in [5, 5.41) is 15.0. The summed E-state index contributed by atoms with van der Waals surface area (Å²) in [5.74, 6) is -4.80. The number of halogens is 5. The molecule has 232 valence electrons. The second-order valence-electron chi connectivity index (χ2n) is 10.9. The normalized spacial score (nSPS) is 14.8. The maximum atomic E-state index is 14.9. The molecule has 44 heavy (non-hydrogen) atoms. The second kappa shape index (κ2) is 11.4. The number of aliphatic carboxylic acids is 1. The number of nitrogens with one attached hydrogen (secondary N) is 2. The highest BCUT2D eigenvalue weighted by molar-refractivity contribution is 5.97. The molecule has 2 atom stereocenters. The summed E-state index contributed by atoms with van der Waals surface area (Å²) in [5.41, 5.74) is -3.44. The van der Waals surface area contributed by atoms with E-state index in [0.717, 1.165) is 35.6 Å². The van der Waals surface area contributed by atoms with Gasteiger partial charge in [-0.05, 0) is 62.9 Å². The molecule has 5 rings (SSSR count). The summed E-state index contributed by atoms with van der Waals surface area (Å²) >= 11 is 0. The number of carboxylic acid groups (broad SMARTS) is 1. The molecule has 9 nitrogen and oxygen atoms in total. The number of nitrogens with zero attached hydrogens (tertiary/aromatic N) is 3. The molecule has 1 aliphatic carbocycles. The number of hydrogen-bond donors (Lipinski definition) is 3. The van der Waals surface area contributed by atoms with E-state index < -0.39 is 64.4 Å². The molecule has 0 unspecified atom stereocenters. The zero-order valence-electron chi connectivity index (χ0n) is 23.8. The summed E-state index contributed by atoms with van der Waals surface area (Å²) in [6.45, 7) is 3.25. The highest BCUT2D eigenvalue weighted by Gasteiger charge is 2.37. The van der Waals surface area contributed by atoms with E-state index in [-0.39, 0.29) is 34.3 Å². The molecule has 0 saturated heterocycles. The lowest BCUT2D eigenvalue weighted by Gasteiger charge is -2.19. The molecule has 3 heterocycles. The molecule has 1 amide bonds. The van der Waals surface area contributed by atoms with Gasteiger partial charge >= 0.3 is 12.1 Å². The summed E-state index contributed by atoms with van der Waals surface area (Å²) in [4.78, 5) is 42.1. The van der Waals surface area contributed by atoms with Gasteiger partial charge in [0, 0.05) is 54.5 Å². The van der Waals surface area contributed by atoms with Gasteiger partial charge in [-0.2, -0.15) is 13.2 Å². The van der Waals surface area contributed by atoms with E-state index in [4.69, 9.17) is 0 Å². The third-order valence-corrected chi connectivity index (χ3v) is 7.89. The molecule has 0 spiro atoms. The number of fused-ring (bicyclic) bond motifs is 1. The topological polar surface area (TPSA) is 118 Å². The minimum atomic E-state index is -4.86. The second-order valence-corrected chi connectivity index (χ2v) is 10.9. The third kappa shape index (κ3) is 5.88. The predicted octanol–water partition coefficient (Wildman–Crippen LogP) is 4.94. The lowest BCUT2D eigenvalue weighted by molar-refractivity contribution is -0.139. The first-order valence-corrected chi connectivity index (χ1v) is 13.7. The monoisotopic (exact) mass is 617 g/mol. The largest absolute Gasteiger partial charge is 0.480 e. The van der Waals surface area contributed by atoms with Gasteiger partial charge in [0.1, 0.15) is 28.9 Å². The Hall–Kier alpha value is -4.75. The first kappa shape index (κ1) is 30.7. The first-order valence-electron chi connectivity index (χ1n) is 13.7. The molecule has 0 radical (unpaired) electrons. The third-order valence-electron chi connectivity index (χ3n) is 7.89. The summed E-state index contributed by atoms with van der Waals surface area (Å²) in [6.07, 6.45) is -0.676. The van der Waals surface area contributed by atoms with Gasteiger partial charge in [0.2, 0.25) is 0 Å². The molecule has 1 aromatic carbocycles. The molecule has 4 aromatic rings. The van der Waals surface area contributed by atoms with Crippen molar-refractivity contribution in [1.82, 2.24) is 19.3 Å². The number of carboxylic acids is 1. The van der Waals surface area contributed by atoms with Gasteiger partial charge in [-0.15, -0.1) is 0 Å². The fourth-order valence-corrected chi connectivity index (χ4v) is 5.23. The van der Waals surface area contributed by atoms with Crippen molar-refractivity contribution < 1.29 is 36.6 Å². The number of benzene rings is 1. The van der Waals surface area contributed by atoms with Crippen molar-refractivity contribution in [2.24, 2.45) is 13.0 Å². The number of aryl methyl sites for hydroxylation is 1. The van der Waals surface area contributed by atoms with Crippen LogP contribution in [0.5, 0.6) is 0 Å². The molecule has 0 bridgehead atoms. The van der Waals surface area contributed by atoms with Crippen molar-refractivity contribution >= 4 is 23.2 Å². The van der Waals surface area contributed by atoms with Gasteiger partial charge in [0.15, 0.2) is 0 Å². The van der Waals surface area contributed by atoms with Crippen LogP contribution in [-0.2, 0) is 24.4 Å². The number of anilines is 1. The van der Waals surface area contributed by atoms with Crippen molar-refractivity contribution in [2.45, 2.75) is 51.4 Å². The van der Waals surface area contributed by atoms with E-state index in [0.29, 0.717) is 5.92 Å². The number of rotatable bonds is 9. The van der Waals surface area contributed by atoms with Gasteiger partial charge in [-0.1, -0.05) is 0 Å². The average Bonchev–Trinajstić information content (AvgIpc) is 3.67. The van der Waals surface area contributed by atoms with Crippen LogP contribution in [0.25, 0.3) is 16.8 Å². The first-order chi connectivity index (χ1) is 20.7. The van der Waals surface area contributed by atoms with Crippen LogP contribution in [0.4, 0.5) is 27.6 Å². The number of aromatic nitrogens is 3. The van der Waals surface area contributed by atoms with Gasteiger partial charge in [0.25, 0.3) is 11.5 Å². The Morgan fingerprint density at radius 2 is 1.80 bits per heavy atom. The molecule has 14 heteroatoms. The number of imidazole rings is 1. The number of pyridine rings is 2. The average molecular weight is 618 g/mol. The molecular formula is C30H28F5N5O4. The number of alkyl halides is 3. The van der Waals surface area contributed by atoms with Gasteiger partial charge < -0.3 is 24.7 Å². The summed E-state index contributed by atoms with van der Waals surface area (Å²) < 4.78 is 74.1. The fraction of sp³-hybridized carbons (Fsp3) is 0.333. The fourth-order valence-electron chi connectivity index (χ4n) is 5.23. The lowest BCUT2D eigenvalue weighted by atomic mass is 9.99. The molecule has 1 saturated carbocycles. The standard InChI is InChI=1S/C30H28F5N5O4/c1-14-10-20(30(33,34)35)24(28(42)39(14)3)19-7-6-18(40-9-8-36-26(19)40)13-23(29(43)44)38-27(41)25-21(31)11-17(12-22(25)32)37-15(2)16-4-5-16/h6-12,15-16,23,37H,4-5,13H2,1-3H3,(H,38,41)(H,43,44)/t15-,23-/m0/s1. The quantitative estimate of drug-likeness (QED) is 0.229. The van der Waals surface area contributed by atoms with Crippen molar-refractivity contribution in [3.05, 3.63) is 87.2 Å². The van der Waals surface area contributed by atoms with Crippen LogP contribution in [-0.4, -0.2) is 43.0 Å². The van der Waals surface area contributed by atoms with Crippen LogP contribution >= 0.6 is 0 Å². The van der Waals surface area contributed by atoms with E-state index in [1.165, 1.54) is 42.9 Å². The molecule has 1 fully saturated rings. The Balaban J connectivity index is 1.45. The molecule has 3 aromatic heterocycles. The van der Waals surface area contributed by atoms with Gasteiger partial charge in [-0.3, -0.25) is 9.59 Å². The van der Waals surface area contributed by atoms with Crippen LogP contribution in [0.2, 0.25) is 0 Å². The summed E-state index contributed by atoms with van der Waals surface area (Å²) in [7, 11) is 1.34. The van der Waals surface area contributed by atoms with Crippen molar-refractivity contribution in [3.63, 3.8) is 0 Å². The minimum absolute atomic E-state index is 0.0228. The Kier molecular flexibility index (Phi) is 7.95. The molecular weight excluding hydrogens is 589 g/mol. The Morgan fingerprint density at radius 1 is 1.14 bits per heavy atom. The minimum Gasteiger partial charge on any atom is -0.480 e. The van der Waals surface area contributed by atoms with Gasteiger partial charge in [0.05, 0.1) is 11.1 Å².